The molecule has 96 valence electrons. The molecule has 0 atom stereocenters. The van der Waals surface area contributed by atoms with Gasteiger partial charge < -0.3 is 4.74 Å². The van der Waals surface area contributed by atoms with Crippen LogP contribution in [0.3, 0.4) is 0 Å². The van der Waals surface area contributed by atoms with Gasteiger partial charge in [0.25, 0.3) is 6.20 Å². The van der Waals surface area contributed by atoms with Crippen LogP contribution in [0.5, 0.6) is 5.75 Å². The molecule has 0 unspecified atom stereocenters. The highest BCUT2D eigenvalue weighted by atomic mass is 16.5. The Hall–Kier alpha value is -2.43. The summed E-state index contributed by atoms with van der Waals surface area (Å²) in [5.41, 5.74) is 1.17. The fourth-order valence-corrected chi connectivity index (χ4v) is 2.16. The molecule has 0 saturated heterocycles. The van der Waals surface area contributed by atoms with Crippen molar-refractivity contribution in [3.05, 3.63) is 59.5 Å². The third-order valence-corrected chi connectivity index (χ3v) is 2.93. The molecule has 0 saturated carbocycles. The number of hydrogen-bond donors (Lipinski definition) is 0. The van der Waals surface area contributed by atoms with Crippen molar-refractivity contribution in [2.75, 3.05) is 0 Å². The number of fused-ring (bicyclic) bond motifs is 1. The highest BCUT2D eigenvalue weighted by Gasteiger charge is 2.29. The Bertz CT molecular complexity index is 716. The molecule has 0 amide bonds. The van der Waals surface area contributed by atoms with Gasteiger partial charge in [-0.3, -0.25) is 4.98 Å². The predicted octanol–water partition coefficient (Wildman–Crippen LogP) is 1.86. The highest BCUT2D eigenvalue weighted by Crippen LogP contribution is 2.35. The number of hydrogen-bond acceptors (Lipinski definition) is 3. The Balaban J connectivity index is 2.27. The molecule has 1 aliphatic rings. The molecule has 2 aromatic rings. The molecule has 3 heterocycles. The highest BCUT2D eigenvalue weighted by molar-refractivity contribution is 5.71. The maximum absolute atomic E-state index is 11.9. The summed E-state index contributed by atoms with van der Waals surface area (Å²) in [7, 11) is 0. The number of aromatic nitrogens is 3. The first-order valence-electron chi connectivity index (χ1n) is 6.04. The summed E-state index contributed by atoms with van der Waals surface area (Å²) in [6.45, 7) is 3.89. The third-order valence-electron chi connectivity index (χ3n) is 2.93. The van der Waals surface area contributed by atoms with Crippen LogP contribution >= 0.6 is 0 Å². The number of pyridine rings is 1. The molecular formula is C14H14N3O2+. The minimum Gasteiger partial charge on any atom is -0.481 e. The van der Waals surface area contributed by atoms with E-state index in [2.05, 4.69) is 4.98 Å². The van der Waals surface area contributed by atoms with Gasteiger partial charge in [0.2, 0.25) is 0 Å². The summed E-state index contributed by atoms with van der Waals surface area (Å²) in [5.74, 6) is 0.682. The Kier molecular flexibility index (Phi) is 2.48. The van der Waals surface area contributed by atoms with Crippen LogP contribution in [0.25, 0.3) is 5.70 Å². The van der Waals surface area contributed by atoms with Crippen LogP contribution in [0.1, 0.15) is 19.4 Å². The summed E-state index contributed by atoms with van der Waals surface area (Å²) >= 11 is 0. The number of rotatable bonds is 1. The van der Waals surface area contributed by atoms with Gasteiger partial charge in [-0.2, -0.15) is 0 Å². The quantitative estimate of drug-likeness (QED) is 0.732. The van der Waals surface area contributed by atoms with E-state index in [0.717, 1.165) is 15.8 Å². The van der Waals surface area contributed by atoms with Crippen molar-refractivity contribution in [2.45, 2.75) is 19.4 Å². The topological polar surface area (TPSA) is 50.0 Å². The minimum atomic E-state index is -0.485. The summed E-state index contributed by atoms with van der Waals surface area (Å²) < 4.78 is 8.18. The fraction of sp³-hybridized carbons (Fsp3) is 0.214. The van der Waals surface area contributed by atoms with Crippen LogP contribution in [0.2, 0.25) is 0 Å². The van der Waals surface area contributed by atoms with E-state index in [4.69, 9.17) is 4.74 Å². The standard InChI is InChI=1S/C14H14N3O2/c1-14(2)9-12(16-7-3-4-8-17(16)18)11-5-6-15-10-13(11)19-14/h3-10H,1-2H3/q+1. The van der Waals surface area contributed by atoms with E-state index in [1.807, 2.05) is 32.1 Å². The molecule has 5 nitrogen and oxygen atoms in total. The molecule has 5 heteroatoms. The van der Waals surface area contributed by atoms with Gasteiger partial charge in [-0.05, 0) is 32.1 Å². The lowest BCUT2D eigenvalue weighted by molar-refractivity contribution is -0.584. The Morgan fingerprint density at radius 2 is 2.21 bits per heavy atom. The van der Waals surface area contributed by atoms with Crippen molar-refractivity contribution in [1.82, 2.24) is 9.67 Å². The minimum absolute atomic E-state index is 0.485. The first-order chi connectivity index (χ1) is 9.07. The second kappa shape index (κ2) is 4.05. The Labute approximate surface area is 110 Å². The van der Waals surface area contributed by atoms with Gasteiger partial charge in [-0.15, -0.1) is 0 Å². The monoisotopic (exact) mass is 256 g/mol. The molecular weight excluding hydrogens is 242 g/mol. The average molecular weight is 256 g/mol. The maximum Gasteiger partial charge on any atom is 0.258 e. The molecule has 0 aliphatic carbocycles. The molecule has 3 rings (SSSR count). The summed E-state index contributed by atoms with van der Waals surface area (Å²) in [6.07, 6.45) is 8.48. The molecule has 0 spiro atoms. The molecule has 0 fully saturated rings. The van der Waals surface area contributed by atoms with E-state index in [1.54, 1.807) is 29.3 Å². The van der Waals surface area contributed by atoms with Gasteiger partial charge in [-0.1, -0.05) is 4.68 Å². The van der Waals surface area contributed by atoms with Crippen LogP contribution in [0.4, 0.5) is 0 Å². The number of nitrogens with zero attached hydrogens (tertiary/aromatic N) is 3. The van der Waals surface area contributed by atoms with Gasteiger partial charge in [0.05, 0.1) is 17.3 Å². The van der Waals surface area contributed by atoms with Gasteiger partial charge in [0.15, 0.2) is 4.54 Å². The molecule has 0 aromatic carbocycles. The lowest BCUT2D eigenvalue weighted by atomic mass is 10.0. The SMILES string of the molecule is CC1(C)C=C(n2cccc[n+]2=O)c2ccncc2O1. The normalized spacial score (nSPS) is 16.2. The predicted molar refractivity (Wildman–Crippen MR) is 70.1 cm³/mol. The average Bonchev–Trinajstić information content (AvgIpc) is 2.37. The van der Waals surface area contributed by atoms with Gasteiger partial charge >= 0.3 is 0 Å². The second-order valence-corrected chi connectivity index (χ2v) is 4.94. The zero-order valence-electron chi connectivity index (χ0n) is 10.8. The van der Waals surface area contributed by atoms with Gasteiger partial charge in [0, 0.05) is 17.8 Å². The molecule has 1 aliphatic heterocycles. The molecule has 19 heavy (non-hydrogen) atoms. The lowest BCUT2D eigenvalue weighted by Crippen LogP contribution is -2.35. The third kappa shape index (κ3) is 2.03. The van der Waals surface area contributed by atoms with E-state index in [1.165, 1.54) is 6.20 Å². The van der Waals surface area contributed by atoms with Crippen LogP contribution in [-0.4, -0.2) is 15.3 Å². The summed E-state index contributed by atoms with van der Waals surface area (Å²) in [6, 6.07) is 5.36. The van der Waals surface area contributed by atoms with E-state index in [9.17, 15) is 4.91 Å². The number of ether oxygens (including phenoxy) is 1. The van der Waals surface area contributed by atoms with E-state index >= 15 is 0 Å². The molecule has 2 aromatic heterocycles. The van der Waals surface area contributed by atoms with E-state index in [-0.39, 0.29) is 0 Å². The summed E-state index contributed by atoms with van der Waals surface area (Å²) in [5, 5.41) is 0. The van der Waals surface area contributed by atoms with Crippen LogP contribution in [0, 0.1) is 4.91 Å². The van der Waals surface area contributed by atoms with Gasteiger partial charge in [-0.25, -0.2) is 0 Å². The van der Waals surface area contributed by atoms with E-state index < -0.39 is 5.60 Å². The van der Waals surface area contributed by atoms with Crippen LogP contribution in [-0.2, 0) is 0 Å². The largest absolute Gasteiger partial charge is 0.481 e. The van der Waals surface area contributed by atoms with Crippen molar-refractivity contribution < 1.29 is 9.28 Å². The van der Waals surface area contributed by atoms with Crippen molar-refractivity contribution in [3.63, 3.8) is 0 Å². The molecule has 0 N–H and O–H groups in total. The molecule has 0 bridgehead atoms. The fourth-order valence-electron chi connectivity index (χ4n) is 2.16. The summed E-state index contributed by atoms with van der Waals surface area (Å²) in [4.78, 5) is 16.0. The smallest absolute Gasteiger partial charge is 0.258 e. The van der Waals surface area contributed by atoms with Crippen molar-refractivity contribution >= 4 is 5.70 Å². The van der Waals surface area contributed by atoms with Crippen molar-refractivity contribution in [2.24, 2.45) is 0 Å². The second-order valence-electron chi connectivity index (χ2n) is 4.94. The zero-order chi connectivity index (χ0) is 13.5. The Morgan fingerprint density at radius 3 is 3.00 bits per heavy atom. The Morgan fingerprint density at radius 1 is 1.37 bits per heavy atom. The van der Waals surface area contributed by atoms with Crippen molar-refractivity contribution in [3.8, 4) is 5.75 Å². The first-order valence-corrected chi connectivity index (χ1v) is 6.04. The first kappa shape index (κ1) is 11.6. The maximum atomic E-state index is 11.9. The van der Waals surface area contributed by atoms with Crippen molar-refractivity contribution in [1.29, 1.82) is 0 Å². The van der Waals surface area contributed by atoms with E-state index in [0.29, 0.717) is 5.75 Å². The molecule has 0 radical (unpaired) electrons. The lowest BCUT2D eigenvalue weighted by Gasteiger charge is -2.29. The zero-order valence-corrected chi connectivity index (χ0v) is 10.8. The van der Waals surface area contributed by atoms with Gasteiger partial charge in [0.1, 0.15) is 17.0 Å². The van der Waals surface area contributed by atoms with Crippen LogP contribution in [0.15, 0.2) is 49.1 Å². The van der Waals surface area contributed by atoms with Crippen LogP contribution < -0.4 is 9.28 Å².